The van der Waals surface area contributed by atoms with E-state index in [2.05, 4.69) is 39.2 Å². The second kappa shape index (κ2) is 14.2. The highest BCUT2D eigenvalue weighted by atomic mass is 127. The molecule has 2 atom stereocenters. The van der Waals surface area contributed by atoms with Crippen molar-refractivity contribution in [1.82, 2.24) is 29.9 Å². The minimum Gasteiger partial charge on any atom is -0.383 e. The second-order valence-electron chi connectivity index (χ2n) is 7.67. The number of hydrogen-bond donors (Lipinski definition) is 1. The summed E-state index contributed by atoms with van der Waals surface area (Å²) in [4.78, 5) is 9.77. The normalized spacial score (nSPS) is 20.3. The summed E-state index contributed by atoms with van der Waals surface area (Å²) in [6.07, 6.45) is 0.953. The van der Waals surface area contributed by atoms with Gasteiger partial charge in [-0.15, -0.1) is 34.2 Å². The van der Waals surface area contributed by atoms with Crippen LogP contribution in [0.3, 0.4) is 0 Å². The molecule has 2 rings (SSSR count). The molecule has 1 aromatic rings. The molecule has 0 aromatic carbocycles. The van der Waals surface area contributed by atoms with Gasteiger partial charge in [0.15, 0.2) is 11.8 Å². The van der Waals surface area contributed by atoms with E-state index in [4.69, 9.17) is 14.5 Å². The van der Waals surface area contributed by atoms with E-state index >= 15 is 0 Å². The Labute approximate surface area is 198 Å². The zero-order chi connectivity index (χ0) is 21.2. The van der Waals surface area contributed by atoms with E-state index in [1.54, 1.807) is 7.11 Å². The first-order valence-corrected chi connectivity index (χ1v) is 10.7. The lowest BCUT2D eigenvalue weighted by Gasteiger charge is -2.45. The molecule has 2 heterocycles. The third kappa shape index (κ3) is 7.93. The molecule has 30 heavy (non-hydrogen) atoms. The summed E-state index contributed by atoms with van der Waals surface area (Å²) in [7, 11) is 3.74. The molecule has 1 aromatic heterocycles. The number of hydrogen-bond acceptors (Lipinski definition) is 6. The summed E-state index contributed by atoms with van der Waals surface area (Å²) in [6.45, 7) is 15.0. The maximum atomic E-state index is 5.46. The van der Waals surface area contributed by atoms with E-state index in [0.717, 1.165) is 70.0 Å². The molecule has 0 saturated carbocycles. The first-order valence-electron chi connectivity index (χ1n) is 10.7. The highest BCUT2D eigenvalue weighted by molar-refractivity contribution is 14.0. The summed E-state index contributed by atoms with van der Waals surface area (Å²) in [5, 5.41) is 11.9. The number of ether oxygens (including phenoxy) is 2. The van der Waals surface area contributed by atoms with Crippen molar-refractivity contribution >= 4 is 29.9 Å². The average Bonchev–Trinajstić information content (AvgIpc) is 3.01. The fraction of sp³-hybridized carbons (Fsp3) is 0.850. The average molecular weight is 537 g/mol. The van der Waals surface area contributed by atoms with Crippen LogP contribution in [0.2, 0.25) is 0 Å². The third-order valence-electron chi connectivity index (χ3n) is 5.46. The Bertz CT molecular complexity index is 629. The lowest BCUT2D eigenvalue weighted by Crippen LogP contribution is -2.60. The zero-order valence-corrected chi connectivity index (χ0v) is 21.8. The van der Waals surface area contributed by atoms with Gasteiger partial charge in [-0.3, -0.25) is 4.90 Å². The Hall–Kier alpha value is -0.980. The van der Waals surface area contributed by atoms with E-state index in [1.165, 1.54) is 0 Å². The Morgan fingerprint density at radius 1 is 1.20 bits per heavy atom. The number of aromatic nitrogens is 3. The van der Waals surface area contributed by atoms with Gasteiger partial charge in [-0.1, -0.05) is 0 Å². The van der Waals surface area contributed by atoms with Crippen molar-refractivity contribution in [2.75, 3.05) is 53.1 Å². The van der Waals surface area contributed by atoms with Crippen molar-refractivity contribution in [3.63, 3.8) is 0 Å². The molecule has 1 aliphatic rings. The van der Waals surface area contributed by atoms with Gasteiger partial charge < -0.3 is 24.3 Å². The number of halogens is 1. The number of aliphatic imine (C=N–C) groups is 1. The monoisotopic (exact) mass is 537 g/mol. The molecular formula is C20H40IN7O2. The Morgan fingerprint density at radius 2 is 1.90 bits per heavy atom. The molecule has 1 N–H and O–H groups in total. The SMILES string of the molecule is CCOCCCNC(=NCc1nnc(C)n1C)N1CC(C)N(CCOC)C(C)C1.I. The van der Waals surface area contributed by atoms with Crippen LogP contribution in [-0.4, -0.2) is 95.7 Å². The summed E-state index contributed by atoms with van der Waals surface area (Å²) < 4.78 is 12.7. The molecule has 2 unspecified atom stereocenters. The highest BCUT2D eigenvalue weighted by Gasteiger charge is 2.30. The van der Waals surface area contributed by atoms with Gasteiger partial charge >= 0.3 is 0 Å². The molecule has 9 nitrogen and oxygen atoms in total. The van der Waals surface area contributed by atoms with E-state index in [0.29, 0.717) is 18.6 Å². The molecule has 1 saturated heterocycles. The quantitative estimate of drug-likeness (QED) is 0.211. The molecule has 0 radical (unpaired) electrons. The van der Waals surface area contributed by atoms with Crippen molar-refractivity contribution in [3.8, 4) is 0 Å². The van der Waals surface area contributed by atoms with E-state index < -0.39 is 0 Å². The molecule has 1 fully saturated rings. The van der Waals surface area contributed by atoms with Crippen LogP contribution in [-0.2, 0) is 23.1 Å². The molecular weight excluding hydrogens is 497 g/mol. The van der Waals surface area contributed by atoms with Gasteiger partial charge in [-0.2, -0.15) is 0 Å². The summed E-state index contributed by atoms with van der Waals surface area (Å²) in [5.41, 5.74) is 0. The van der Waals surface area contributed by atoms with Crippen molar-refractivity contribution in [3.05, 3.63) is 11.6 Å². The lowest BCUT2D eigenvalue weighted by molar-refractivity contribution is 0.0442. The standard InChI is InChI=1S/C20H39N7O2.HI/c1-7-29-11-8-9-21-20(22-13-19-24-23-18(4)25(19)5)26-14-16(2)27(10-12-28-6)17(3)15-26;/h16-17H,7-15H2,1-6H3,(H,21,22);1H. The minimum absolute atomic E-state index is 0. The Balaban J connectivity index is 0.00000450. The van der Waals surface area contributed by atoms with Gasteiger partial charge in [-0.25, -0.2) is 4.99 Å². The van der Waals surface area contributed by atoms with Crippen molar-refractivity contribution in [1.29, 1.82) is 0 Å². The maximum absolute atomic E-state index is 5.46. The number of nitrogens with zero attached hydrogens (tertiary/aromatic N) is 6. The van der Waals surface area contributed by atoms with Crippen LogP contribution in [0, 0.1) is 6.92 Å². The predicted octanol–water partition coefficient (Wildman–Crippen LogP) is 1.65. The lowest BCUT2D eigenvalue weighted by atomic mass is 10.1. The Kier molecular flexibility index (Phi) is 12.8. The van der Waals surface area contributed by atoms with Crippen LogP contribution in [0.15, 0.2) is 4.99 Å². The van der Waals surface area contributed by atoms with Crippen LogP contribution < -0.4 is 5.32 Å². The van der Waals surface area contributed by atoms with E-state index in [-0.39, 0.29) is 24.0 Å². The molecule has 0 aliphatic carbocycles. The van der Waals surface area contributed by atoms with Crippen molar-refractivity contribution in [2.45, 2.75) is 52.7 Å². The molecule has 1 aliphatic heterocycles. The van der Waals surface area contributed by atoms with Crippen LogP contribution in [0.25, 0.3) is 0 Å². The third-order valence-corrected chi connectivity index (χ3v) is 5.46. The number of aryl methyl sites for hydroxylation is 1. The molecule has 0 bridgehead atoms. The van der Waals surface area contributed by atoms with Crippen LogP contribution in [0.5, 0.6) is 0 Å². The van der Waals surface area contributed by atoms with Gasteiger partial charge in [0.05, 0.1) is 6.61 Å². The smallest absolute Gasteiger partial charge is 0.194 e. The maximum Gasteiger partial charge on any atom is 0.194 e. The second-order valence-corrected chi connectivity index (χ2v) is 7.67. The summed E-state index contributed by atoms with van der Waals surface area (Å²) in [6, 6.07) is 0.864. The Morgan fingerprint density at radius 3 is 2.47 bits per heavy atom. The van der Waals surface area contributed by atoms with Gasteiger partial charge in [0.2, 0.25) is 0 Å². The van der Waals surface area contributed by atoms with Crippen LogP contribution in [0.1, 0.15) is 38.8 Å². The number of nitrogens with one attached hydrogen (secondary N) is 1. The van der Waals surface area contributed by atoms with E-state index in [1.807, 2.05) is 25.5 Å². The molecule has 174 valence electrons. The molecule has 0 spiro atoms. The molecule has 0 amide bonds. The number of rotatable bonds is 10. The van der Waals surface area contributed by atoms with Gasteiger partial charge in [-0.05, 0) is 34.1 Å². The topological polar surface area (TPSA) is 80.0 Å². The fourth-order valence-corrected chi connectivity index (χ4v) is 3.69. The number of guanidine groups is 1. The summed E-state index contributed by atoms with van der Waals surface area (Å²) in [5.74, 6) is 2.71. The summed E-state index contributed by atoms with van der Waals surface area (Å²) >= 11 is 0. The van der Waals surface area contributed by atoms with Gasteiger partial charge in [0.1, 0.15) is 12.4 Å². The van der Waals surface area contributed by atoms with E-state index in [9.17, 15) is 0 Å². The fourth-order valence-electron chi connectivity index (χ4n) is 3.69. The first kappa shape index (κ1) is 27.1. The first-order chi connectivity index (χ1) is 14.0. The van der Waals surface area contributed by atoms with Gasteiger partial charge in [0.25, 0.3) is 0 Å². The largest absolute Gasteiger partial charge is 0.383 e. The van der Waals surface area contributed by atoms with Crippen LogP contribution in [0.4, 0.5) is 0 Å². The van der Waals surface area contributed by atoms with Crippen LogP contribution >= 0.6 is 24.0 Å². The molecule has 10 heteroatoms. The predicted molar refractivity (Wildman–Crippen MR) is 130 cm³/mol. The highest BCUT2D eigenvalue weighted by Crippen LogP contribution is 2.16. The van der Waals surface area contributed by atoms with Crippen molar-refractivity contribution in [2.24, 2.45) is 12.0 Å². The zero-order valence-electron chi connectivity index (χ0n) is 19.4. The number of methoxy groups -OCH3 is 1. The minimum atomic E-state index is 0. The van der Waals surface area contributed by atoms with Crippen molar-refractivity contribution < 1.29 is 9.47 Å². The van der Waals surface area contributed by atoms with Gasteiger partial charge in [0, 0.05) is 65.6 Å². The number of piperazine rings is 1.